The fourth-order valence-corrected chi connectivity index (χ4v) is 3.83. The van der Waals surface area contributed by atoms with Crippen molar-refractivity contribution in [2.24, 2.45) is 0 Å². The minimum Gasteiger partial charge on any atom is -0.493 e. The van der Waals surface area contributed by atoms with Gasteiger partial charge in [0, 0.05) is 35.1 Å². The van der Waals surface area contributed by atoms with E-state index in [0.717, 1.165) is 10.9 Å². The number of nitrogens with one attached hydrogen (secondary N) is 3. The first kappa shape index (κ1) is 23.6. The van der Waals surface area contributed by atoms with Crippen molar-refractivity contribution in [3.05, 3.63) is 47.2 Å². The molecule has 2 aromatic carbocycles. The van der Waals surface area contributed by atoms with Crippen LogP contribution in [0.5, 0.6) is 11.5 Å². The van der Waals surface area contributed by atoms with E-state index in [1.807, 2.05) is 12.1 Å². The lowest BCUT2D eigenvalue weighted by atomic mass is 10.0. The zero-order chi connectivity index (χ0) is 24.3. The number of ether oxygens (including phenoxy) is 2. The van der Waals surface area contributed by atoms with Gasteiger partial charge < -0.3 is 25.4 Å². The normalized spacial score (nSPS) is 16.5. The van der Waals surface area contributed by atoms with E-state index in [4.69, 9.17) is 21.1 Å². The van der Waals surface area contributed by atoms with Gasteiger partial charge in [-0.15, -0.1) is 0 Å². The van der Waals surface area contributed by atoms with E-state index in [1.165, 1.54) is 6.33 Å². The number of aromatic nitrogens is 2. The Hall–Kier alpha value is -3.59. The Kier molecular flexibility index (Phi) is 6.74. The van der Waals surface area contributed by atoms with Gasteiger partial charge in [0.15, 0.2) is 11.5 Å². The predicted octanol–water partition coefficient (Wildman–Crippen LogP) is 3.72. The zero-order valence-corrected chi connectivity index (χ0v) is 20.0. The number of halogens is 1. The standard InChI is InChI=1S/C24H26ClN5O4/c1-24(2)23(32)26-12-14-6-7-15(25)9-17(14)29-22-16-10-20(34-8-4-5-21(31)30-24)19(33-3)11-18(16)27-13-28-22/h6-7,9-11,13H,4-5,8,12H2,1-3H3,(H,26,32)(H,30,31)(H,27,28,29). The molecular formula is C24H26ClN5O4. The Labute approximate surface area is 202 Å². The molecule has 1 aliphatic heterocycles. The molecule has 1 aliphatic rings. The third-order valence-corrected chi connectivity index (χ3v) is 5.75. The topological polar surface area (TPSA) is 114 Å². The summed E-state index contributed by atoms with van der Waals surface area (Å²) in [5.41, 5.74) is 1.05. The minimum absolute atomic E-state index is 0.212. The number of rotatable bonds is 1. The van der Waals surface area contributed by atoms with E-state index in [2.05, 4.69) is 25.9 Å². The van der Waals surface area contributed by atoms with Gasteiger partial charge in [-0.3, -0.25) is 9.59 Å². The molecule has 2 heterocycles. The van der Waals surface area contributed by atoms with Crippen molar-refractivity contribution < 1.29 is 19.1 Å². The maximum Gasteiger partial charge on any atom is 0.245 e. The van der Waals surface area contributed by atoms with Crippen molar-refractivity contribution >= 4 is 45.8 Å². The van der Waals surface area contributed by atoms with Gasteiger partial charge in [0.2, 0.25) is 11.8 Å². The molecule has 0 radical (unpaired) electrons. The van der Waals surface area contributed by atoms with E-state index in [0.29, 0.717) is 40.0 Å². The molecule has 3 aromatic rings. The number of nitrogens with zero attached hydrogens (tertiary/aromatic N) is 2. The minimum atomic E-state index is -1.08. The van der Waals surface area contributed by atoms with Crippen molar-refractivity contribution in [2.75, 3.05) is 19.0 Å². The first-order valence-corrected chi connectivity index (χ1v) is 11.2. The fourth-order valence-electron chi connectivity index (χ4n) is 3.66. The quantitative estimate of drug-likeness (QED) is 0.483. The van der Waals surface area contributed by atoms with Crippen molar-refractivity contribution in [1.82, 2.24) is 20.6 Å². The van der Waals surface area contributed by atoms with Crippen LogP contribution < -0.4 is 25.4 Å². The van der Waals surface area contributed by atoms with Crippen LogP contribution in [0.25, 0.3) is 10.9 Å². The van der Waals surface area contributed by atoms with Crippen LogP contribution in [0.1, 0.15) is 32.3 Å². The second kappa shape index (κ2) is 9.72. The highest BCUT2D eigenvalue weighted by atomic mass is 35.5. The van der Waals surface area contributed by atoms with Gasteiger partial charge in [0.1, 0.15) is 17.7 Å². The monoisotopic (exact) mass is 483 g/mol. The number of hydrogen-bond acceptors (Lipinski definition) is 7. The molecule has 0 atom stereocenters. The molecule has 0 saturated heterocycles. The Balaban J connectivity index is 1.78. The number of fused-ring (bicyclic) bond motifs is 2. The molecular weight excluding hydrogens is 458 g/mol. The number of benzene rings is 2. The van der Waals surface area contributed by atoms with Crippen LogP contribution in [-0.2, 0) is 16.1 Å². The molecule has 178 valence electrons. The molecule has 0 unspecified atom stereocenters. The molecule has 0 spiro atoms. The lowest BCUT2D eigenvalue weighted by Crippen LogP contribution is -2.54. The zero-order valence-electron chi connectivity index (χ0n) is 19.2. The SMILES string of the molecule is COc1cc2ncnc3c2cc1OCCCC(=O)NC(C)(C)C(=O)NCc1ccc(Cl)cc1N3. The molecule has 0 fully saturated rings. The second-order valence-electron chi connectivity index (χ2n) is 8.48. The number of carbonyl (C=O) groups is 2. The Bertz CT molecular complexity index is 1250. The average molecular weight is 484 g/mol. The summed E-state index contributed by atoms with van der Waals surface area (Å²) in [6, 6.07) is 8.92. The maximum atomic E-state index is 12.8. The van der Waals surface area contributed by atoms with Crippen LogP contribution in [-0.4, -0.2) is 41.0 Å². The average Bonchev–Trinajstić information content (AvgIpc) is 2.80. The lowest BCUT2D eigenvalue weighted by Gasteiger charge is -2.25. The lowest BCUT2D eigenvalue weighted by molar-refractivity contribution is -0.132. The van der Waals surface area contributed by atoms with Crippen LogP contribution >= 0.6 is 11.6 Å². The van der Waals surface area contributed by atoms with Crippen LogP contribution in [0, 0.1) is 0 Å². The summed E-state index contributed by atoms with van der Waals surface area (Å²) in [6.07, 6.45) is 2.13. The van der Waals surface area contributed by atoms with Crippen LogP contribution in [0.15, 0.2) is 36.7 Å². The second-order valence-corrected chi connectivity index (χ2v) is 8.91. The maximum absolute atomic E-state index is 12.8. The van der Waals surface area contributed by atoms with E-state index >= 15 is 0 Å². The van der Waals surface area contributed by atoms with E-state index in [9.17, 15) is 9.59 Å². The van der Waals surface area contributed by atoms with Gasteiger partial charge >= 0.3 is 0 Å². The summed E-state index contributed by atoms with van der Waals surface area (Å²) in [5.74, 6) is 1.06. The van der Waals surface area contributed by atoms with Gasteiger partial charge in [-0.1, -0.05) is 17.7 Å². The molecule has 0 aliphatic carbocycles. The molecule has 3 N–H and O–H groups in total. The highest BCUT2D eigenvalue weighted by Crippen LogP contribution is 2.35. The van der Waals surface area contributed by atoms with Crippen molar-refractivity contribution in [3.63, 3.8) is 0 Å². The highest BCUT2D eigenvalue weighted by molar-refractivity contribution is 6.30. The largest absolute Gasteiger partial charge is 0.493 e. The van der Waals surface area contributed by atoms with Crippen molar-refractivity contribution in [3.8, 4) is 11.5 Å². The van der Waals surface area contributed by atoms with E-state index in [-0.39, 0.29) is 31.4 Å². The Morgan fingerprint density at radius 2 is 1.97 bits per heavy atom. The van der Waals surface area contributed by atoms with Crippen LogP contribution in [0.4, 0.5) is 11.5 Å². The smallest absolute Gasteiger partial charge is 0.245 e. The van der Waals surface area contributed by atoms with E-state index < -0.39 is 5.54 Å². The van der Waals surface area contributed by atoms with Gasteiger partial charge in [-0.05, 0) is 44.0 Å². The molecule has 9 nitrogen and oxygen atoms in total. The van der Waals surface area contributed by atoms with Crippen LogP contribution in [0.2, 0.25) is 5.02 Å². The third kappa shape index (κ3) is 5.14. The van der Waals surface area contributed by atoms with Gasteiger partial charge in [0.05, 0.1) is 19.2 Å². The summed E-state index contributed by atoms with van der Waals surface area (Å²) in [5, 5.41) is 10.3. The third-order valence-electron chi connectivity index (χ3n) is 5.51. The van der Waals surface area contributed by atoms with Crippen molar-refractivity contribution in [1.29, 1.82) is 0 Å². The number of methoxy groups -OCH3 is 1. The first-order valence-electron chi connectivity index (χ1n) is 10.9. The summed E-state index contributed by atoms with van der Waals surface area (Å²) in [4.78, 5) is 34.0. The summed E-state index contributed by atoms with van der Waals surface area (Å²) >= 11 is 6.26. The van der Waals surface area contributed by atoms with Crippen LogP contribution in [0.3, 0.4) is 0 Å². The predicted molar refractivity (Wildman–Crippen MR) is 130 cm³/mol. The van der Waals surface area contributed by atoms with Gasteiger partial charge in [-0.25, -0.2) is 9.97 Å². The molecule has 34 heavy (non-hydrogen) atoms. The Morgan fingerprint density at radius 1 is 1.15 bits per heavy atom. The summed E-state index contributed by atoms with van der Waals surface area (Å²) in [7, 11) is 1.56. The van der Waals surface area contributed by atoms with Gasteiger partial charge in [0.25, 0.3) is 0 Å². The Morgan fingerprint density at radius 3 is 2.76 bits per heavy atom. The first-order chi connectivity index (χ1) is 16.3. The molecule has 1 aromatic heterocycles. The summed E-state index contributed by atoms with van der Waals surface area (Å²) in [6.45, 7) is 3.85. The molecule has 2 bridgehead atoms. The van der Waals surface area contributed by atoms with Crippen molar-refractivity contribution in [2.45, 2.75) is 38.8 Å². The number of anilines is 2. The molecule has 10 heteroatoms. The fraction of sp³-hybridized carbons (Fsp3) is 0.333. The molecule has 4 rings (SSSR count). The molecule has 0 saturated carbocycles. The summed E-state index contributed by atoms with van der Waals surface area (Å²) < 4.78 is 11.4. The van der Waals surface area contributed by atoms with E-state index in [1.54, 1.807) is 39.2 Å². The molecule has 2 amide bonds. The van der Waals surface area contributed by atoms with Gasteiger partial charge in [-0.2, -0.15) is 0 Å². The highest BCUT2D eigenvalue weighted by Gasteiger charge is 2.29. The number of amides is 2. The number of hydrogen-bond donors (Lipinski definition) is 3. The number of carbonyl (C=O) groups excluding carboxylic acids is 2.